The van der Waals surface area contributed by atoms with Gasteiger partial charge in [-0.3, -0.25) is 4.99 Å². The molecule has 4 heteroatoms. The summed E-state index contributed by atoms with van der Waals surface area (Å²) < 4.78 is 0.469. The summed E-state index contributed by atoms with van der Waals surface area (Å²) >= 11 is 9.96. The molecule has 0 rings (SSSR count). The van der Waals surface area contributed by atoms with Crippen molar-refractivity contribution >= 4 is 35.0 Å². The van der Waals surface area contributed by atoms with Crippen molar-refractivity contribution < 1.29 is 0 Å². The highest BCUT2D eigenvalue weighted by Crippen LogP contribution is 2.06. The average Bonchev–Trinajstić information content (AvgIpc) is 1.81. The molecule has 0 aromatic heterocycles. The van der Waals surface area contributed by atoms with Crippen molar-refractivity contribution in [2.24, 2.45) is 4.99 Å². The topological polar surface area (TPSA) is 15.6 Å². The molecule has 75 valence electrons. The lowest BCUT2D eigenvalue weighted by molar-refractivity contribution is 0.508. The van der Waals surface area contributed by atoms with Crippen LogP contribution in [-0.4, -0.2) is 27.1 Å². The lowest BCUT2D eigenvalue weighted by Gasteiger charge is -2.26. The van der Waals surface area contributed by atoms with Crippen molar-refractivity contribution in [2.45, 2.75) is 46.7 Å². The molecule has 0 heterocycles. The van der Waals surface area contributed by atoms with Crippen LogP contribution in [0.2, 0.25) is 0 Å². The van der Waals surface area contributed by atoms with Gasteiger partial charge < -0.3 is 4.90 Å². The van der Waals surface area contributed by atoms with Gasteiger partial charge in [0.15, 0.2) is 4.32 Å². The molecule has 0 amide bonds. The van der Waals surface area contributed by atoms with Crippen LogP contribution in [0, 0.1) is 0 Å². The van der Waals surface area contributed by atoms with Crippen LogP contribution in [0.5, 0.6) is 0 Å². The molecular formula is C9H17N2S2. The Morgan fingerprint density at radius 1 is 1.23 bits per heavy atom. The van der Waals surface area contributed by atoms with Crippen LogP contribution in [0.25, 0.3) is 0 Å². The monoisotopic (exact) mass is 217 g/mol. The van der Waals surface area contributed by atoms with E-state index in [0.717, 1.165) is 5.84 Å². The highest BCUT2D eigenvalue weighted by atomic mass is 32.1. The third-order valence-electron chi connectivity index (χ3n) is 1.51. The van der Waals surface area contributed by atoms with Gasteiger partial charge in [-0.1, -0.05) is 0 Å². The van der Waals surface area contributed by atoms with Gasteiger partial charge in [-0.15, -0.1) is 0 Å². The third kappa shape index (κ3) is 4.52. The van der Waals surface area contributed by atoms with Crippen molar-refractivity contribution in [3.63, 3.8) is 0 Å². The third-order valence-corrected chi connectivity index (χ3v) is 1.90. The zero-order valence-electron chi connectivity index (χ0n) is 8.87. The van der Waals surface area contributed by atoms with Gasteiger partial charge in [0.1, 0.15) is 5.84 Å². The number of hydrogen-bond acceptors (Lipinski definition) is 2. The van der Waals surface area contributed by atoms with E-state index in [9.17, 15) is 0 Å². The maximum Gasteiger partial charge on any atom is 0.172 e. The second kappa shape index (κ2) is 5.50. The maximum atomic E-state index is 4.98. The summed E-state index contributed by atoms with van der Waals surface area (Å²) in [7, 11) is 0. The predicted octanol–water partition coefficient (Wildman–Crippen LogP) is 3.01. The van der Waals surface area contributed by atoms with Gasteiger partial charge in [-0.05, 0) is 59.5 Å². The van der Waals surface area contributed by atoms with Crippen molar-refractivity contribution in [2.75, 3.05) is 0 Å². The summed E-state index contributed by atoms with van der Waals surface area (Å²) in [5.74, 6) is 0.907. The lowest BCUT2D eigenvalue weighted by atomic mass is 10.3. The minimum Gasteiger partial charge on any atom is -0.310 e. The lowest BCUT2D eigenvalue weighted by Crippen LogP contribution is -2.37. The fraction of sp³-hybridized carbons (Fsp3) is 0.778. The van der Waals surface area contributed by atoms with Crippen molar-refractivity contribution in [3.05, 3.63) is 0 Å². The summed E-state index contributed by atoms with van der Waals surface area (Å²) in [4.78, 5) is 6.30. The Hall–Kier alpha value is -0.220. The standard InChI is InChI=1S/C9H17N2S2/c1-6(2)10-8(5)11(7(3)4)9(12)13/h6-7H,1-5H3. The van der Waals surface area contributed by atoms with Gasteiger partial charge in [-0.25, -0.2) is 0 Å². The Bertz CT molecular complexity index is 210. The molecule has 0 aliphatic rings. The summed E-state index contributed by atoms with van der Waals surface area (Å²) in [6.45, 7) is 10.1. The van der Waals surface area contributed by atoms with Crippen molar-refractivity contribution in [3.8, 4) is 0 Å². The van der Waals surface area contributed by atoms with Gasteiger partial charge in [-0.2, -0.15) is 0 Å². The molecular weight excluding hydrogens is 200 g/mol. The van der Waals surface area contributed by atoms with E-state index in [4.69, 9.17) is 24.8 Å². The molecule has 0 bridgehead atoms. The van der Waals surface area contributed by atoms with Crippen LogP contribution in [0.1, 0.15) is 34.6 Å². The molecule has 2 nitrogen and oxygen atoms in total. The van der Waals surface area contributed by atoms with E-state index < -0.39 is 0 Å². The minimum absolute atomic E-state index is 0.283. The molecule has 0 unspecified atom stereocenters. The summed E-state index contributed by atoms with van der Waals surface area (Å²) in [5.41, 5.74) is 0. The quantitative estimate of drug-likeness (QED) is 0.401. The minimum atomic E-state index is 0.283. The van der Waals surface area contributed by atoms with Gasteiger partial charge in [0.2, 0.25) is 0 Å². The predicted molar refractivity (Wildman–Crippen MR) is 65.4 cm³/mol. The first-order valence-electron chi connectivity index (χ1n) is 4.40. The molecule has 0 spiro atoms. The highest BCUT2D eigenvalue weighted by Gasteiger charge is 2.14. The maximum absolute atomic E-state index is 4.98. The molecule has 1 radical (unpaired) electrons. The van der Waals surface area contributed by atoms with E-state index in [0.29, 0.717) is 4.32 Å². The first-order chi connectivity index (χ1) is 5.86. The molecule has 13 heavy (non-hydrogen) atoms. The van der Waals surface area contributed by atoms with Crippen LogP contribution >= 0.6 is 24.8 Å². The SMILES string of the molecule is CC(=NC(C)C)N(C([S])=S)C(C)C. The smallest absolute Gasteiger partial charge is 0.172 e. The number of rotatable bonds is 2. The van der Waals surface area contributed by atoms with E-state index in [1.165, 1.54) is 0 Å². The van der Waals surface area contributed by atoms with Gasteiger partial charge in [0.05, 0.1) is 0 Å². The van der Waals surface area contributed by atoms with E-state index in [-0.39, 0.29) is 12.1 Å². The first-order valence-corrected chi connectivity index (χ1v) is 5.22. The Kier molecular flexibility index (Phi) is 5.40. The summed E-state index contributed by atoms with van der Waals surface area (Å²) in [6, 6.07) is 0.568. The average molecular weight is 217 g/mol. The van der Waals surface area contributed by atoms with Crippen LogP contribution in [0.15, 0.2) is 4.99 Å². The van der Waals surface area contributed by atoms with Gasteiger partial charge in [0, 0.05) is 12.1 Å². The van der Waals surface area contributed by atoms with Crippen LogP contribution in [0.4, 0.5) is 0 Å². The zero-order chi connectivity index (χ0) is 10.6. The number of thiocarbonyl (C=S) groups is 1. The Labute approximate surface area is 91.8 Å². The van der Waals surface area contributed by atoms with Gasteiger partial charge >= 0.3 is 0 Å². The second-order valence-electron chi connectivity index (χ2n) is 3.50. The van der Waals surface area contributed by atoms with Crippen LogP contribution in [-0.2, 0) is 0 Å². The first kappa shape index (κ1) is 12.8. The summed E-state index contributed by atoms with van der Waals surface area (Å²) in [5, 5.41) is 0. The molecule has 0 aromatic rings. The fourth-order valence-electron chi connectivity index (χ4n) is 1.15. The van der Waals surface area contributed by atoms with Gasteiger partial charge in [0.25, 0.3) is 0 Å². The normalized spacial score (nSPS) is 12.4. The number of aliphatic imine (C=N–C) groups is 1. The molecule has 0 aliphatic carbocycles. The zero-order valence-corrected chi connectivity index (χ0v) is 10.5. The van der Waals surface area contributed by atoms with E-state index in [1.54, 1.807) is 0 Å². The van der Waals surface area contributed by atoms with Crippen LogP contribution in [0.3, 0.4) is 0 Å². The van der Waals surface area contributed by atoms with Crippen molar-refractivity contribution in [1.82, 2.24) is 4.90 Å². The molecule has 0 saturated heterocycles. The number of nitrogens with zero attached hydrogens (tertiary/aromatic N) is 2. The Morgan fingerprint density at radius 3 is 1.92 bits per heavy atom. The number of amidine groups is 1. The molecule has 0 atom stereocenters. The largest absolute Gasteiger partial charge is 0.310 e. The molecule has 0 aliphatic heterocycles. The van der Waals surface area contributed by atoms with E-state index >= 15 is 0 Å². The summed E-state index contributed by atoms with van der Waals surface area (Å²) in [6.07, 6.45) is 0. The van der Waals surface area contributed by atoms with Crippen LogP contribution < -0.4 is 0 Å². The fourth-order valence-corrected chi connectivity index (χ4v) is 1.84. The molecule has 0 fully saturated rings. The molecule has 0 aromatic carbocycles. The van der Waals surface area contributed by atoms with E-state index in [2.05, 4.69) is 18.8 Å². The Balaban J connectivity index is 4.65. The highest BCUT2D eigenvalue weighted by molar-refractivity contribution is 8.11. The Morgan fingerprint density at radius 2 is 1.69 bits per heavy atom. The van der Waals surface area contributed by atoms with Crippen molar-refractivity contribution in [1.29, 1.82) is 0 Å². The second-order valence-corrected chi connectivity index (χ2v) is 4.53. The molecule has 0 saturated carbocycles. The van der Waals surface area contributed by atoms with E-state index in [1.807, 2.05) is 25.7 Å². The number of hydrogen-bond donors (Lipinski definition) is 0. The molecule has 0 N–H and O–H groups in total.